The highest BCUT2D eigenvalue weighted by Crippen LogP contribution is 2.17. The number of aliphatic hydroxyl groups is 1. The number of aryl methyl sites for hydroxylation is 3. The van der Waals surface area contributed by atoms with E-state index in [9.17, 15) is 5.11 Å². The van der Waals surface area contributed by atoms with Crippen molar-refractivity contribution in [3.05, 3.63) is 36.2 Å². The lowest BCUT2D eigenvalue weighted by atomic mass is 10.1. The zero-order valence-electron chi connectivity index (χ0n) is 10.2. The van der Waals surface area contributed by atoms with Crippen LogP contribution in [-0.2, 0) is 20.0 Å². The van der Waals surface area contributed by atoms with Crippen LogP contribution in [-0.4, -0.2) is 24.4 Å². The molecule has 1 atom stereocenters. The van der Waals surface area contributed by atoms with Crippen LogP contribution in [0.15, 0.2) is 24.8 Å². The molecule has 2 heterocycles. The second-order valence-corrected chi connectivity index (χ2v) is 4.14. The monoisotopic (exact) mass is 234 g/mol. The Morgan fingerprint density at radius 1 is 1.47 bits per heavy atom. The van der Waals surface area contributed by atoms with Gasteiger partial charge in [-0.3, -0.25) is 4.68 Å². The van der Waals surface area contributed by atoms with Crippen LogP contribution in [0, 0.1) is 0 Å². The van der Waals surface area contributed by atoms with Gasteiger partial charge in [0.2, 0.25) is 0 Å². The molecule has 0 aliphatic carbocycles. The Balaban J connectivity index is 1.93. The molecular weight excluding hydrogens is 216 g/mol. The molecule has 17 heavy (non-hydrogen) atoms. The van der Waals surface area contributed by atoms with Crippen molar-refractivity contribution in [3.8, 4) is 0 Å². The van der Waals surface area contributed by atoms with Gasteiger partial charge in [-0.25, -0.2) is 4.98 Å². The van der Waals surface area contributed by atoms with Gasteiger partial charge in [0, 0.05) is 44.2 Å². The number of hydrogen-bond acceptors (Lipinski definition) is 3. The van der Waals surface area contributed by atoms with Crippen molar-refractivity contribution >= 4 is 0 Å². The fourth-order valence-corrected chi connectivity index (χ4v) is 1.79. The van der Waals surface area contributed by atoms with Crippen molar-refractivity contribution < 1.29 is 5.11 Å². The van der Waals surface area contributed by atoms with E-state index in [-0.39, 0.29) is 0 Å². The zero-order valence-corrected chi connectivity index (χ0v) is 10.2. The summed E-state index contributed by atoms with van der Waals surface area (Å²) in [5.74, 6) is 0.993. The number of aliphatic hydroxyl groups excluding tert-OH is 1. The van der Waals surface area contributed by atoms with Crippen LogP contribution in [0.2, 0.25) is 0 Å². The van der Waals surface area contributed by atoms with Crippen LogP contribution < -0.4 is 0 Å². The number of hydrogen-bond donors (Lipinski definition) is 1. The molecule has 0 amide bonds. The zero-order chi connectivity index (χ0) is 12.3. The fraction of sp³-hybridized carbons (Fsp3) is 0.500. The van der Waals surface area contributed by atoms with Gasteiger partial charge >= 0.3 is 0 Å². The lowest BCUT2D eigenvalue weighted by Crippen LogP contribution is -2.03. The molecule has 0 radical (unpaired) electrons. The molecule has 2 aromatic rings. The standard InChI is InChI=1S/C12H18N4O/c1-3-16-9-10(8-14-16)11(17)4-5-12-13-6-7-15(12)2/h6-9,11,17H,3-5H2,1-2H3. The first-order valence-corrected chi connectivity index (χ1v) is 5.87. The molecule has 0 aromatic carbocycles. The van der Waals surface area contributed by atoms with E-state index < -0.39 is 6.10 Å². The molecule has 0 saturated heterocycles. The lowest BCUT2D eigenvalue weighted by Gasteiger charge is -2.07. The predicted octanol–water partition coefficient (Wildman–Crippen LogP) is 1.30. The highest BCUT2D eigenvalue weighted by Gasteiger charge is 2.11. The van der Waals surface area contributed by atoms with Crippen LogP contribution in [0.25, 0.3) is 0 Å². The van der Waals surface area contributed by atoms with E-state index in [4.69, 9.17) is 0 Å². The van der Waals surface area contributed by atoms with Crippen molar-refractivity contribution in [3.63, 3.8) is 0 Å². The number of nitrogens with zero attached hydrogens (tertiary/aromatic N) is 4. The van der Waals surface area contributed by atoms with E-state index in [1.165, 1.54) is 0 Å². The maximum atomic E-state index is 10.0. The second-order valence-electron chi connectivity index (χ2n) is 4.14. The molecule has 0 bridgehead atoms. The molecule has 92 valence electrons. The normalized spacial score (nSPS) is 12.9. The summed E-state index contributed by atoms with van der Waals surface area (Å²) in [6.45, 7) is 2.85. The average Bonchev–Trinajstić information content (AvgIpc) is 2.94. The van der Waals surface area contributed by atoms with Gasteiger partial charge in [0.25, 0.3) is 0 Å². The lowest BCUT2D eigenvalue weighted by molar-refractivity contribution is 0.166. The first kappa shape index (κ1) is 11.9. The molecule has 0 aliphatic rings. The Bertz CT molecular complexity index is 474. The maximum Gasteiger partial charge on any atom is 0.108 e. The van der Waals surface area contributed by atoms with Crippen molar-refractivity contribution in [2.45, 2.75) is 32.4 Å². The summed E-state index contributed by atoms with van der Waals surface area (Å²) in [4.78, 5) is 4.23. The molecule has 0 fully saturated rings. The van der Waals surface area contributed by atoms with Gasteiger partial charge < -0.3 is 9.67 Å². The summed E-state index contributed by atoms with van der Waals surface area (Å²) in [7, 11) is 1.96. The van der Waals surface area contributed by atoms with Crippen LogP contribution in [0.4, 0.5) is 0 Å². The number of aromatic nitrogens is 4. The Hall–Kier alpha value is -1.62. The quantitative estimate of drug-likeness (QED) is 0.848. The third-order valence-electron chi connectivity index (χ3n) is 2.92. The minimum atomic E-state index is -0.466. The Morgan fingerprint density at radius 2 is 2.29 bits per heavy atom. The van der Waals surface area contributed by atoms with Crippen LogP contribution >= 0.6 is 0 Å². The van der Waals surface area contributed by atoms with Crippen molar-refractivity contribution in [1.29, 1.82) is 0 Å². The smallest absolute Gasteiger partial charge is 0.108 e. The predicted molar refractivity (Wildman–Crippen MR) is 64.4 cm³/mol. The van der Waals surface area contributed by atoms with E-state index in [2.05, 4.69) is 10.1 Å². The fourth-order valence-electron chi connectivity index (χ4n) is 1.79. The van der Waals surface area contributed by atoms with Gasteiger partial charge in [-0.2, -0.15) is 5.10 Å². The summed E-state index contributed by atoms with van der Waals surface area (Å²) >= 11 is 0. The highest BCUT2D eigenvalue weighted by atomic mass is 16.3. The third-order valence-corrected chi connectivity index (χ3v) is 2.92. The maximum absolute atomic E-state index is 10.0. The minimum Gasteiger partial charge on any atom is -0.388 e. The first-order valence-electron chi connectivity index (χ1n) is 5.87. The summed E-state index contributed by atoms with van der Waals surface area (Å²) in [5, 5.41) is 14.2. The van der Waals surface area contributed by atoms with E-state index in [1.54, 1.807) is 12.4 Å². The van der Waals surface area contributed by atoms with Gasteiger partial charge in [-0.15, -0.1) is 0 Å². The van der Waals surface area contributed by atoms with Crippen LogP contribution in [0.3, 0.4) is 0 Å². The molecule has 0 saturated carbocycles. The van der Waals surface area contributed by atoms with Crippen molar-refractivity contribution in [2.24, 2.45) is 7.05 Å². The first-order chi connectivity index (χ1) is 8.20. The Kier molecular flexibility index (Phi) is 3.58. The number of imidazole rings is 1. The topological polar surface area (TPSA) is 55.9 Å². The largest absolute Gasteiger partial charge is 0.388 e. The van der Waals surface area contributed by atoms with Gasteiger partial charge in [0.05, 0.1) is 12.3 Å². The molecule has 0 spiro atoms. The second kappa shape index (κ2) is 5.14. The summed E-state index contributed by atoms with van der Waals surface area (Å²) < 4.78 is 3.79. The summed E-state index contributed by atoms with van der Waals surface area (Å²) in [6, 6.07) is 0. The van der Waals surface area contributed by atoms with Crippen LogP contribution in [0.1, 0.15) is 30.8 Å². The molecule has 1 N–H and O–H groups in total. The molecule has 5 nitrogen and oxygen atoms in total. The Labute approximate surface area is 101 Å². The minimum absolute atomic E-state index is 0.466. The summed E-state index contributed by atoms with van der Waals surface area (Å²) in [6.07, 6.45) is 8.28. The SMILES string of the molecule is CCn1cc(C(O)CCc2nccn2C)cn1. The molecule has 0 aliphatic heterocycles. The van der Waals surface area contributed by atoms with Gasteiger partial charge in [0.1, 0.15) is 5.82 Å². The van der Waals surface area contributed by atoms with Crippen molar-refractivity contribution in [1.82, 2.24) is 19.3 Å². The van der Waals surface area contributed by atoms with Crippen LogP contribution in [0.5, 0.6) is 0 Å². The third kappa shape index (κ3) is 2.74. The average molecular weight is 234 g/mol. The van der Waals surface area contributed by atoms with Gasteiger partial charge in [-0.05, 0) is 13.3 Å². The number of rotatable bonds is 5. The van der Waals surface area contributed by atoms with Gasteiger partial charge in [0.15, 0.2) is 0 Å². The van der Waals surface area contributed by atoms with E-state index in [1.807, 2.05) is 35.6 Å². The Morgan fingerprint density at radius 3 is 2.88 bits per heavy atom. The van der Waals surface area contributed by atoms with Crippen molar-refractivity contribution in [2.75, 3.05) is 0 Å². The molecule has 2 aromatic heterocycles. The molecule has 5 heteroatoms. The molecular formula is C12H18N4O. The van der Waals surface area contributed by atoms with E-state index in [0.29, 0.717) is 6.42 Å². The molecule has 2 rings (SSSR count). The van der Waals surface area contributed by atoms with E-state index >= 15 is 0 Å². The van der Waals surface area contributed by atoms with Gasteiger partial charge in [-0.1, -0.05) is 0 Å². The van der Waals surface area contributed by atoms with E-state index in [0.717, 1.165) is 24.4 Å². The molecule has 1 unspecified atom stereocenters. The summed E-state index contributed by atoms with van der Waals surface area (Å²) in [5.41, 5.74) is 0.876. The highest BCUT2D eigenvalue weighted by molar-refractivity contribution is 5.08.